The molecule has 0 amide bonds. The number of unbranched alkanes of at least 4 members (excludes halogenated alkanes) is 1. The first-order valence-corrected chi connectivity index (χ1v) is 9.37. The minimum absolute atomic E-state index is 0.546. The van der Waals surface area contributed by atoms with E-state index >= 15 is 0 Å². The first-order valence-electron chi connectivity index (χ1n) is 8.83. The van der Waals surface area contributed by atoms with Crippen molar-refractivity contribution in [2.24, 2.45) is 29.1 Å². The highest BCUT2D eigenvalue weighted by Crippen LogP contribution is 2.59. The molecule has 0 aromatic rings. The van der Waals surface area contributed by atoms with Crippen LogP contribution in [0.1, 0.15) is 77.6 Å². The first kappa shape index (κ1) is 14.2. The number of rotatable bonds is 5. The van der Waals surface area contributed by atoms with Gasteiger partial charge in [0, 0.05) is 5.88 Å². The second-order valence-corrected chi connectivity index (χ2v) is 8.13. The van der Waals surface area contributed by atoms with E-state index in [9.17, 15) is 0 Å². The lowest BCUT2D eigenvalue weighted by Crippen LogP contribution is -2.39. The van der Waals surface area contributed by atoms with Gasteiger partial charge in [0.25, 0.3) is 0 Å². The third-order valence-corrected chi connectivity index (χ3v) is 7.39. The Morgan fingerprint density at radius 3 is 2.37 bits per heavy atom. The largest absolute Gasteiger partial charge is 0.126 e. The highest BCUT2D eigenvalue weighted by atomic mass is 35.5. The lowest BCUT2D eigenvalue weighted by atomic mass is 9.60. The Morgan fingerprint density at radius 1 is 1.05 bits per heavy atom. The highest BCUT2D eigenvalue weighted by Gasteiger charge is 2.50. The summed E-state index contributed by atoms with van der Waals surface area (Å²) in [6, 6.07) is 0. The standard InChI is InChI=1S/C18H31Cl/c1-2-3-4-14-7-9-18(13-19,10-8-14)17-12-15-5-6-16(17)11-15/h14-17H,2-13H2,1H3. The predicted molar refractivity (Wildman–Crippen MR) is 83.6 cm³/mol. The summed E-state index contributed by atoms with van der Waals surface area (Å²) in [7, 11) is 0. The van der Waals surface area contributed by atoms with Gasteiger partial charge in [-0.1, -0.05) is 32.6 Å². The quantitative estimate of drug-likeness (QED) is 0.540. The van der Waals surface area contributed by atoms with Gasteiger partial charge < -0.3 is 0 Å². The van der Waals surface area contributed by atoms with Gasteiger partial charge in [0.1, 0.15) is 0 Å². The number of alkyl halides is 1. The number of halogens is 1. The number of fused-ring (bicyclic) bond motifs is 2. The summed E-state index contributed by atoms with van der Waals surface area (Å²) in [5, 5.41) is 0. The van der Waals surface area contributed by atoms with E-state index in [0.29, 0.717) is 5.41 Å². The molecular weight excluding hydrogens is 252 g/mol. The smallest absolute Gasteiger partial charge is 0.0282 e. The Kier molecular flexibility index (Phi) is 4.47. The molecule has 110 valence electrons. The van der Waals surface area contributed by atoms with Crippen molar-refractivity contribution in [1.82, 2.24) is 0 Å². The maximum absolute atomic E-state index is 6.51. The van der Waals surface area contributed by atoms with Crippen molar-refractivity contribution in [3.63, 3.8) is 0 Å². The van der Waals surface area contributed by atoms with E-state index in [1.807, 2.05) is 0 Å². The molecule has 0 N–H and O–H groups in total. The van der Waals surface area contributed by atoms with Crippen molar-refractivity contribution in [1.29, 1.82) is 0 Å². The average Bonchev–Trinajstić information content (AvgIpc) is 3.08. The van der Waals surface area contributed by atoms with Crippen LogP contribution in [0.15, 0.2) is 0 Å². The van der Waals surface area contributed by atoms with Crippen LogP contribution in [0.3, 0.4) is 0 Å². The third-order valence-electron chi connectivity index (χ3n) is 6.86. The van der Waals surface area contributed by atoms with Crippen LogP contribution in [0.4, 0.5) is 0 Å². The zero-order valence-electron chi connectivity index (χ0n) is 12.7. The lowest BCUT2D eigenvalue weighted by molar-refractivity contribution is 0.0572. The summed E-state index contributed by atoms with van der Waals surface area (Å²) in [5.74, 6) is 5.09. The molecule has 0 aromatic heterocycles. The first-order chi connectivity index (χ1) is 9.27. The molecule has 3 aliphatic rings. The molecule has 3 fully saturated rings. The van der Waals surface area contributed by atoms with Crippen molar-refractivity contribution in [2.45, 2.75) is 77.6 Å². The molecule has 0 aliphatic heterocycles. The van der Waals surface area contributed by atoms with Gasteiger partial charge in [-0.25, -0.2) is 0 Å². The van der Waals surface area contributed by atoms with Crippen molar-refractivity contribution in [3.8, 4) is 0 Å². The zero-order chi connectivity index (χ0) is 13.3. The molecule has 0 heterocycles. The fourth-order valence-electron chi connectivity index (χ4n) is 5.63. The Balaban J connectivity index is 1.59. The van der Waals surface area contributed by atoms with Crippen LogP contribution in [0.2, 0.25) is 0 Å². The summed E-state index contributed by atoms with van der Waals surface area (Å²) in [4.78, 5) is 0. The Bertz CT molecular complexity index is 290. The fraction of sp³-hybridized carbons (Fsp3) is 1.00. The maximum Gasteiger partial charge on any atom is 0.0282 e. The summed E-state index contributed by atoms with van der Waals surface area (Å²) in [6.07, 6.45) is 16.2. The minimum atomic E-state index is 0.546. The second-order valence-electron chi connectivity index (χ2n) is 7.86. The molecule has 0 spiro atoms. The van der Waals surface area contributed by atoms with Gasteiger partial charge in [0.2, 0.25) is 0 Å². The van der Waals surface area contributed by atoms with Crippen LogP contribution >= 0.6 is 11.6 Å². The van der Waals surface area contributed by atoms with Gasteiger partial charge >= 0.3 is 0 Å². The van der Waals surface area contributed by atoms with Crippen LogP contribution in [0.5, 0.6) is 0 Å². The number of hydrogen-bond acceptors (Lipinski definition) is 0. The molecule has 3 aliphatic carbocycles. The van der Waals surface area contributed by atoms with E-state index in [-0.39, 0.29) is 0 Å². The second kappa shape index (κ2) is 5.96. The van der Waals surface area contributed by atoms with E-state index in [1.165, 1.54) is 64.2 Å². The van der Waals surface area contributed by atoms with Gasteiger partial charge in [-0.2, -0.15) is 0 Å². The molecule has 3 atom stereocenters. The van der Waals surface area contributed by atoms with E-state index in [2.05, 4.69) is 6.92 Å². The predicted octanol–water partition coefficient (Wildman–Crippen LogP) is 6.03. The SMILES string of the molecule is CCCCC1CCC(CCl)(C2CC3CCC2C3)CC1. The van der Waals surface area contributed by atoms with E-state index in [0.717, 1.165) is 29.6 Å². The molecule has 0 saturated heterocycles. The van der Waals surface area contributed by atoms with Gasteiger partial charge in [0.15, 0.2) is 0 Å². The molecule has 3 rings (SSSR count). The summed E-state index contributed by atoms with van der Waals surface area (Å²) in [5.41, 5.74) is 0.546. The van der Waals surface area contributed by atoms with Gasteiger partial charge in [-0.15, -0.1) is 11.6 Å². The molecular formula is C18H31Cl. The Labute approximate surface area is 124 Å². The molecule has 3 unspecified atom stereocenters. The van der Waals surface area contributed by atoms with Crippen molar-refractivity contribution in [2.75, 3.05) is 5.88 Å². The topological polar surface area (TPSA) is 0 Å². The average molecular weight is 283 g/mol. The van der Waals surface area contributed by atoms with Crippen molar-refractivity contribution < 1.29 is 0 Å². The maximum atomic E-state index is 6.51. The minimum Gasteiger partial charge on any atom is -0.126 e. The molecule has 1 heteroatoms. The van der Waals surface area contributed by atoms with Crippen LogP contribution in [0.25, 0.3) is 0 Å². The van der Waals surface area contributed by atoms with E-state index in [4.69, 9.17) is 11.6 Å². The van der Waals surface area contributed by atoms with Crippen molar-refractivity contribution in [3.05, 3.63) is 0 Å². The van der Waals surface area contributed by atoms with Crippen LogP contribution in [0, 0.1) is 29.1 Å². The number of hydrogen-bond donors (Lipinski definition) is 0. The van der Waals surface area contributed by atoms with Crippen LogP contribution in [-0.4, -0.2) is 5.88 Å². The van der Waals surface area contributed by atoms with Crippen LogP contribution in [-0.2, 0) is 0 Å². The molecule has 2 bridgehead atoms. The summed E-state index contributed by atoms with van der Waals surface area (Å²) in [6.45, 7) is 2.32. The van der Waals surface area contributed by atoms with Gasteiger partial charge in [-0.05, 0) is 74.0 Å². The Morgan fingerprint density at radius 2 is 1.84 bits per heavy atom. The monoisotopic (exact) mass is 282 g/mol. The fourth-order valence-corrected chi connectivity index (χ4v) is 6.10. The molecule has 19 heavy (non-hydrogen) atoms. The zero-order valence-corrected chi connectivity index (χ0v) is 13.4. The highest BCUT2D eigenvalue weighted by molar-refractivity contribution is 6.18. The lowest BCUT2D eigenvalue weighted by Gasteiger charge is -2.46. The molecule has 0 aromatic carbocycles. The van der Waals surface area contributed by atoms with Gasteiger partial charge in [-0.3, -0.25) is 0 Å². The van der Waals surface area contributed by atoms with Gasteiger partial charge in [0.05, 0.1) is 0 Å². The Hall–Kier alpha value is 0.290. The van der Waals surface area contributed by atoms with Crippen LogP contribution < -0.4 is 0 Å². The van der Waals surface area contributed by atoms with Crippen molar-refractivity contribution >= 4 is 11.6 Å². The van der Waals surface area contributed by atoms with E-state index < -0.39 is 0 Å². The summed E-state index contributed by atoms with van der Waals surface area (Å²) < 4.78 is 0. The van der Waals surface area contributed by atoms with E-state index in [1.54, 1.807) is 6.42 Å². The molecule has 0 radical (unpaired) electrons. The third kappa shape index (κ3) is 2.71. The summed E-state index contributed by atoms with van der Waals surface area (Å²) >= 11 is 6.51. The normalized spacial score (nSPS) is 45.8. The molecule has 0 nitrogen and oxygen atoms in total. The molecule has 3 saturated carbocycles.